The van der Waals surface area contributed by atoms with Crippen molar-refractivity contribution in [3.8, 4) is 5.69 Å². The summed E-state index contributed by atoms with van der Waals surface area (Å²) in [6, 6.07) is 6.37. The standard InChI is InChI=1S/C22H32N6OS/c1-18-6-7-20(19(2)14-18)27-16-23-28(22(27)30)17-25-12-10-24(11-13-25)15-21(29)26-8-4-3-5-9-26/h6-7,14,16H,3-5,8-13,15,17H2,1-2H3. The lowest BCUT2D eigenvalue weighted by Gasteiger charge is -2.35. The van der Waals surface area contributed by atoms with Gasteiger partial charge >= 0.3 is 0 Å². The Morgan fingerprint density at radius 1 is 1.00 bits per heavy atom. The van der Waals surface area contributed by atoms with Gasteiger partial charge in [0, 0.05) is 39.3 Å². The number of rotatable bonds is 5. The zero-order chi connectivity index (χ0) is 21.1. The van der Waals surface area contributed by atoms with Gasteiger partial charge < -0.3 is 4.90 Å². The summed E-state index contributed by atoms with van der Waals surface area (Å²) in [5.74, 6) is 0.289. The number of amides is 1. The molecule has 2 aliphatic heterocycles. The Morgan fingerprint density at radius 2 is 1.70 bits per heavy atom. The van der Waals surface area contributed by atoms with E-state index in [1.54, 1.807) is 0 Å². The van der Waals surface area contributed by atoms with Crippen LogP contribution in [0.1, 0.15) is 30.4 Å². The number of benzene rings is 1. The van der Waals surface area contributed by atoms with E-state index in [1.807, 2.05) is 20.5 Å². The van der Waals surface area contributed by atoms with Crippen LogP contribution in [-0.4, -0.2) is 80.8 Å². The minimum absolute atomic E-state index is 0.289. The molecule has 1 amide bonds. The van der Waals surface area contributed by atoms with Crippen molar-refractivity contribution in [3.63, 3.8) is 0 Å². The van der Waals surface area contributed by atoms with Crippen LogP contribution in [0.15, 0.2) is 24.5 Å². The molecule has 2 aliphatic rings. The average Bonchev–Trinajstić information content (AvgIpc) is 3.10. The maximum absolute atomic E-state index is 12.5. The van der Waals surface area contributed by atoms with Crippen molar-refractivity contribution < 1.29 is 4.79 Å². The third-order valence-electron chi connectivity index (χ3n) is 6.21. The number of aryl methyl sites for hydroxylation is 2. The van der Waals surface area contributed by atoms with Crippen LogP contribution in [0.4, 0.5) is 0 Å². The molecule has 2 saturated heterocycles. The highest BCUT2D eigenvalue weighted by atomic mass is 32.1. The third-order valence-corrected chi connectivity index (χ3v) is 6.62. The van der Waals surface area contributed by atoms with Crippen LogP contribution in [-0.2, 0) is 11.5 Å². The first-order chi connectivity index (χ1) is 14.5. The fourth-order valence-corrected chi connectivity index (χ4v) is 4.64. The van der Waals surface area contributed by atoms with Gasteiger partial charge in [-0.15, -0.1) is 0 Å². The Balaban J connectivity index is 1.32. The normalized spacial score (nSPS) is 18.7. The molecule has 7 nitrogen and oxygen atoms in total. The lowest BCUT2D eigenvalue weighted by atomic mass is 10.1. The molecule has 30 heavy (non-hydrogen) atoms. The molecule has 0 saturated carbocycles. The molecule has 0 unspecified atom stereocenters. The van der Waals surface area contributed by atoms with E-state index in [2.05, 4.69) is 46.9 Å². The summed E-state index contributed by atoms with van der Waals surface area (Å²) in [7, 11) is 0. The van der Waals surface area contributed by atoms with Crippen LogP contribution in [0, 0.1) is 18.6 Å². The second-order valence-electron chi connectivity index (χ2n) is 8.55. The second-order valence-corrected chi connectivity index (χ2v) is 8.92. The van der Waals surface area contributed by atoms with Crippen LogP contribution >= 0.6 is 12.2 Å². The van der Waals surface area contributed by atoms with Gasteiger partial charge in [0.1, 0.15) is 6.33 Å². The summed E-state index contributed by atoms with van der Waals surface area (Å²) in [5.41, 5.74) is 3.52. The summed E-state index contributed by atoms with van der Waals surface area (Å²) in [6.45, 7) is 11.0. The third kappa shape index (κ3) is 4.82. The van der Waals surface area contributed by atoms with E-state index in [1.165, 1.54) is 17.5 Å². The molecule has 1 aromatic heterocycles. The van der Waals surface area contributed by atoms with Gasteiger partial charge in [0.2, 0.25) is 10.7 Å². The van der Waals surface area contributed by atoms with Gasteiger partial charge in [0.25, 0.3) is 0 Å². The van der Waals surface area contributed by atoms with Crippen LogP contribution in [0.5, 0.6) is 0 Å². The maximum Gasteiger partial charge on any atom is 0.236 e. The van der Waals surface area contributed by atoms with Crippen molar-refractivity contribution in [2.75, 3.05) is 45.8 Å². The molecule has 0 atom stereocenters. The lowest BCUT2D eigenvalue weighted by Crippen LogP contribution is -2.50. The molecule has 2 fully saturated rings. The molecule has 0 aliphatic carbocycles. The summed E-state index contributed by atoms with van der Waals surface area (Å²) >= 11 is 5.70. The number of carbonyl (C=O) groups is 1. The number of nitrogens with zero attached hydrogens (tertiary/aromatic N) is 6. The first kappa shape index (κ1) is 21.2. The Hall–Kier alpha value is -2.03. The van der Waals surface area contributed by atoms with Gasteiger partial charge in [-0.1, -0.05) is 17.7 Å². The minimum Gasteiger partial charge on any atom is -0.342 e. The van der Waals surface area contributed by atoms with Gasteiger partial charge in [0.05, 0.1) is 18.9 Å². The molecule has 8 heteroatoms. The number of likely N-dealkylation sites (tertiary alicyclic amines) is 1. The molecule has 1 aromatic carbocycles. The summed E-state index contributed by atoms with van der Waals surface area (Å²) in [5, 5.41) is 4.54. The van der Waals surface area contributed by atoms with E-state index >= 15 is 0 Å². The summed E-state index contributed by atoms with van der Waals surface area (Å²) < 4.78 is 4.59. The van der Waals surface area contributed by atoms with Crippen molar-refractivity contribution in [1.82, 2.24) is 29.0 Å². The number of hydrogen-bond donors (Lipinski definition) is 0. The minimum atomic E-state index is 0.289. The highest BCUT2D eigenvalue weighted by Crippen LogP contribution is 2.16. The molecule has 0 bridgehead atoms. The van der Waals surface area contributed by atoms with Crippen molar-refractivity contribution in [2.24, 2.45) is 0 Å². The molecule has 0 spiro atoms. The molecule has 3 heterocycles. The van der Waals surface area contributed by atoms with E-state index in [-0.39, 0.29) is 5.91 Å². The van der Waals surface area contributed by atoms with Crippen molar-refractivity contribution in [1.29, 1.82) is 0 Å². The monoisotopic (exact) mass is 428 g/mol. The van der Waals surface area contributed by atoms with Crippen molar-refractivity contribution >= 4 is 18.1 Å². The van der Waals surface area contributed by atoms with Crippen LogP contribution in [0.25, 0.3) is 5.69 Å². The van der Waals surface area contributed by atoms with E-state index in [4.69, 9.17) is 12.2 Å². The molecule has 0 radical (unpaired) electrons. The SMILES string of the molecule is Cc1ccc(-n2cnn(CN3CCN(CC(=O)N4CCCCC4)CC3)c2=S)c(C)c1. The smallest absolute Gasteiger partial charge is 0.236 e. The maximum atomic E-state index is 12.5. The van der Waals surface area contributed by atoms with Crippen LogP contribution in [0.2, 0.25) is 0 Å². The van der Waals surface area contributed by atoms with Gasteiger partial charge in [-0.25, -0.2) is 4.68 Å². The Labute approximate surface area is 183 Å². The number of carbonyl (C=O) groups excluding carboxylic acids is 1. The molecule has 162 valence electrons. The molecule has 2 aromatic rings. The Bertz CT molecular complexity index is 937. The van der Waals surface area contributed by atoms with Crippen LogP contribution in [0.3, 0.4) is 0 Å². The zero-order valence-electron chi connectivity index (χ0n) is 18.1. The van der Waals surface area contributed by atoms with E-state index in [0.29, 0.717) is 18.0 Å². The van der Waals surface area contributed by atoms with Crippen molar-refractivity contribution in [2.45, 2.75) is 39.8 Å². The van der Waals surface area contributed by atoms with E-state index in [9.17, 15) is 4.79 Å². The second kappa shape index (κ2) is 9.41. The Morgan fingerprint density at radius 3 is 2.40 bits per heavy atom. The highest BCUT2D eigenvalue weighted by Gasteiger charge is 2.23. The van der Waals surface area contributed by atoms with Gasteiger partial charge in [-0.05, 0) is 57.0 Å². The predicted octanol–water partition coefficient (Wildman–Crippen LogP) is 2.61. The fourth-order valence-electron chi connectivity index (χ4n) is 4.39. The molecular formula is C22H32N6OS. The molecular weight excluding hydrogens is 396 g/mol. The van der Waals surface area contributed by atoms with Gasteiger partial charge in [-0.2, -0.15) is 5.10 Å². The predicted molar refractivity (Wildman–Crippen MR) is 120 cm³/mol. The largest absolute Gasteiger partial charge is 0.342 e. The summed E-state index contributed by atoms with van der Waals surface area (Å²) in [4.78, 5) is 19.2. The average molecular weight is 429 g/mol. The number of piperidine rings is 1. The van der Waals surface area contributed by atoms with E-state index < -0.39 is 0 Å². The quantitative estimate of drug-likeness (QED) is 0.685. The molecule has 0 N–H and O–H groups in total. The first-order valence-corrected chi connectivity index (χ1v) is 11.4. The molecule has 4 rings (SSSR count). The van der Waals surface area contributed by atoms with Gasteiger partial charge in [-0.3, -0.25) is 19.2 Å². The van der Waals surface area contributed by atoms with Gasteiger partial charge in [0.15, 0.2) is 0 Å². The first-order valence-electron chi connectivity index (χ1n) is 11.0. The number of aromatic nitrogens is 3. The number of hydrogen-bond acceptors (Lipinski definition) is 5. The number of piperazine rings is 1. The van der Waals surface area contributed by atoms with E-state index in [0.717, 1.165) is 57.8 Å². The highest BCUT2D eigenvalue weighted by molar-refractivity contribution is 7.71. The lowest BCUT2D eigenvalue weighted by molar-refractivity contribution is -0.133. The Kier molecular flexibility index (Phi) is 6.65. The summed E-state index contributed by atoms with van der Waals surface area (Å²) in [6.07, 6.45) is 5.36. The topological polar surface area (TPSA) is 49.5 Å². The fraction of sp³-hybridized carbons (Fsp3) is 0.591. The van der Waals surface area contributed by atoms with Crippen LogP contribution < -0.4 is 0 Å². The van der Waals surface area contributed by atoms with Crippen molar-refractivity contribution in [3.05, 3.63) is 40.4 Å². The zero-order valence-corrected chi connectivity index (χ0v) is 18.9.